The molecule has 2 aromatic carbocycles. The van der Waals surface area contributed by atoms with Crippen LogP contribution in [0.15, 0.2) is 77.4 Å². The van der Waals surface area contributed by atoms with Crippen molar-refractivity contribution in [1.29, 1.82) is 5.26 Å². The van der Waals surface area contributed by atoms with Gasteiger partial charge >= 0.3 is 5.69 Å². The number of benzene rings is 2. The number of hydrogen-bond acceptors (Lipinski definition) is 9. The average molecular weight is 581 g/mol. The number of anilines is 1. The minimum Gasteiger partial charge on any atom is -0.457 e. The fraction of sp³-hybridized carbons (Fsp3) is 0.323. The van der Waals surface area contributed by atoms with Crippen molar-refractivity contribution < 1.29 is 14.6 Å². The number of aliphatic hydroxyl groups excluding tert-OH is 1. The third-order valence-electron chi connectivity index (χ3n) is 8.02. The summed E-state index contributed by atoms with van der Waals surface area (Å²) in [5, 5.41) is 19.4. The van der Waals surface area contributed by atoms with Gasteiger partial charge in [0.1, 0.15) is 35.0 Å². The van der Waals surface area contributed by atoms with E-state index in [2.05, 4.69) is 9.97 Å². The van der Waals surface area contributed by atoms with Gasteiger partial charge in [-0.3, -0.25) is 18.8 Å². The van der Waals surface area contributed by atoms with E-state index in [1.807, 2.05) is 55.1 Å². The Morgan fingerprint density at radius 3 is 2.42 bits per heavy atom. The van der Waals surface area contributed by atoms with Crippen molar-refractivity contribution in [3.63, 3.8) is 0 Å². The van der Waals surface area contributed by atoms with Gasteiger partial charge in [0.15, 0.2) is 11.5 Å². The maximum absolute atomic E-state index is 13.8. The number of aliphatic hydroxyl groups is 1. The predicted molar refractivity (Wildman–Crippen MR) is 159 cm³/mol. The molecule has 0 atom stereocenters. The largest absolute Gasteiger partial charge is 0.457 e. The van der Waals surface area contributed by atoms with Crippen LogP contribution < -0.4 is 16.2 Å². The molecule has 2 aliphatic heterocycles. The van der Waals surface area contributed by atoms with Crippen molar-refractivity contribution in [3.05, 3.63) is 83.1 Å². The molecule has 2 aliphatic rings. The van der Waals surface area contributed by atoms with E-state index >= 15 is 0 Å². The van der Waals surface area contributed by atoms with Gasteiger partial charge in [-0.1, -0.05) is 18.2 Å². The van der Waals surface area contributed by atoms with Crippen molar-refractivity contribution in [2.75, 3.05) is 31.9 Å². The summed E-state index contributed by atoms with van der Waals surface area (Å²) in [5.74, 6) is 1.14. The first-order chi connectivity index (χ1) is 20.6. The number of nitriles is 1. The highest BCUT2D eigenvalue weighted by Crippen LogP contribution is 2.28. The van der Waals surface area contributed by atoms with Crippen LogP contribution in [0.5, 0.6) is 11.5 Å². The first kappa shape index (κ1) is 28.1. The van der Waals surface area contributed by atoms with Crippen LogP contribution in [0.25, 0.3) is 16.9 Å². The van der Waals surface area contributed by atoms with E-state index in [9.17, 15) is 20.0 Å². The Morgan fingerprint density at radius 1 is 1.09 bits per heavy atom. The number of aromatic nitrogens is 4. The van der Waals surface area contributed by atoms with Crippen molar-refractivity contribution in [2.45, 2.75) is 32.0 Å². The minimum absolute atomic E-state index is 0.0166. The quantitative estimate of drug-likeness (QED) is 0.236. The molecule has 1 amide bonds. The monoisotopic (exact) mass is 580 g/mol. The van der Waals surface area contributed by atoms with E-state index in [4.69, 9.17) is 10.5 Å². The lowest BCUT2D eigenvalue weighted by molar-refractivity contribution is -0.133. The number of carbonyl (C=O) groups is 1. The lowest BCUT2D eigenvalue weighted by Crippen LogP contribution is -2.59. The number of ether oxygens (including phenoxy) is 1. The van der Waals surface area contributed by atoms with Crippen LogP contribution >= 0.6 is 0 Å². The summed E-state index contributed by atoms with van der Waals surface area (Å²) in [5.41, 5.74) is 6.84. The Labute approximate surface area is 247 Å². The summed E-state index contributed by atoms with van der Waals surface area (Å²) >= 11 is 0. The average Bonchev–Trinajstić information content (AvgIpc) is 3.24. The number of likely N-dealkylation sites (tertiary alicyclic amines) is 2. The molecule has 12 heteroatoms. The van der Waals surface area contributed by atoms with Gasteiger partial charge in [0.05, 0.1) is 11.8 Å². The third kappa shape index (κ3) is 5.36. The molecule has 0 aliphatic carbocycles. The minimum atomic E-state index is -0.537. The first-order valence-corrected chi connectivity index (χ1v) is 14.0. The van der Waals surface area contributed by atoms with Gasteiger partial charge in [-0.2, -0.15) is 5.26 Å². The summed E-state index contributed by atoms with van der Waals surface area (Å²) < 4.78 is 8.94. The Hall–Kier alpha value is -4.99. The van der Waals surface area contributed by atoms with Gasteiger partial charge in [0.2, 0.25) is 0 Å². The first-order valence-electron chi connectivity index (χ1n) is 14.0. The molecule has 0 spiro atoms. The summed E-state index contributed by atoms with van der Waals surface area (Å²) in [4.78, 5) is 39.0. The fourth-order valence-corrected chi connectivity index (χ4v) is 5.59. The Morgan fingerprint density at radius 2 is 1.77 bits per heavy atom. The van der Waals surface area contributed by atoms with Crippen molar-refractivity contribution in [1.82, 2.24) is 28.9 Å². The fourth-order valence-electron chi connectivity index (χ4n) is 5.59. The van der Waals surface area contributed by atoms with Crippen LogP contribution in [0.3, 0.4) is 0 Å². The number of imidazole rings is 1. The number of amides is 1. The summed E-state index contributed by atoms with van der Waals surface area (Å²) in [6.07, 6.45) is 2.62. The molecule has 0 bridgehead atoms. The maximum atomic E-state index is 13.8. The van der Waals surface area contributed by atoms with Crippen LogP contribution in [0, 0.1) is 17.2 Å². The molecule has 43 heavy (non-hydrogen) atoms. The number of fused-ring (bicyclic) bond motifs is 1. The number of β-amino-alcohol motifs (C(OH)–C–C–N with tert-alkyl or cyclic N) is 1. The Kier molecular flexibility index (Phi) is 7.21. The molecule has 2 fully saturated rings. The molecular weight excluding hydrogens is 548 g/mol. The number of para-hydroxylation sites is 1. The number of nitrogens with two attached hydrogens (primary N) is 1. The molecule has 3 N–H and O–H groups in total. The molecule has 4 heterocycles. The number of nitrogens with zero attached hydrogens (tertiary/aromatic N) is 7. The van der Waals surface area contributed by atoms with Crippen molar-refractivity contribution in [2.24, 2.45) is 5.92 Å². The van der Waals surface area contributed by atoms with Crippen LogP contribution in [-0.2, 0) is 11.3 Å². The van der Waals surface area contributed by atoms with E-state index in [1.54, 1.807) is 39.8 Å². The zero-order chi connectivity index (χ0) is 30.3. The number of hydrogen-bond donors (Lipinski definition) is 2. The van der Waals surface area contributed by atoms with Crippen LogP contribution in [0.1, 0.15) is 13.8 Å². The van der Waals surface area contributed by atoms with Crippen LogP contribution in [-0.4, -0.2) is 77.7 Å². The summed E-state index contributed by atoms with van der Waals surface area (Å²) in [6, 6.07) is 18.6. The highest BCUT2D eigenvalue weighted by atomic mass is 16.5. The molecular formula is C31H32N8O4. The van der Waals surface area contributed by atoms with Gasteiger partial charge in [-0.05, 0) is 56.3 Å². The predicted octanol–water partition coefficient (Wildman–Crippen LogP) is 2.32. The standard InChI is InChI=1S/C31H32N8O4/c1-31(2,37-17-23(40)18-37)12-21(13-32)29(41)36-14-20(15-36)16-38-28-26(27(33)34-19-35-28)39(30(38)42)22-8-10-25(11-9-22)43-24-6-4-3-5-7-24/h3-12,19-20,23,40H,14-18H2,1-2H3,(H2,33,34,35)/b21-12-. The van der Waals surface area contributed by atoms with E-state index in [0.717, 1.165) is 0 Å². The molecule has 6 rings (SSSR count). The van der Waals surface area contributed by atoms with Gasteiger partial charge < -0.3 is 20.5 Å². The number of nitrogen functional groups attached to an aromatic ring is 1. The van der Waals surface area contributed by atoms with E-state index < -0.39 is 5.54 Å². The molecule has 2 saturated heterocycles. The highest BCUT2D eigenvalue weighted by Gasteiger charge is 2.38. The molecule has 0 radical (unpaired) electrons. The van der Waals surface area contributed by atoms with E-state index in [1.165, 1.54) is 10.9 Å². The van der Waals surface area contributed by atoms with Crippen LogP contribution in [0.2, 0.25) is 0 Å². The molecule has 0 saturated carbocycles. The van der Waals surface area contributed by atoms with Crippen LogP contribution in [0.4, 0.5) is 5.82 Å². The summed E-state index contributed by atoms with van der Waals surface area (Å²) in [6.45, 7) is 5.96. The molecule has 12 nitrogen and oxygen atoms in total. The molecule has 2 aromatic heterocycles. The Bertz CT molecular complexity index is 1790. The van der Waals surface area contributed by atoms with E-state index in [-0.39, 0.29) is 35.0 Å². The molecule has 4 aromatic rings. The van der Waals surface area contributed by atoms with Crippen molar-refractivity contribution >= 4 is 22.9 Å². The highest BCUT2D eigenvalue weighted by molar-refractivity contribution is 5.98. The summed E-state index contributed by atoms with van der Waals surface area (Å²) in [7, 11) is 0. The van der Waals surface area contributed by atoms with Crippen molar-refractivity contribution in [3.8, 4) is 23.3 Å². The normalized spacial score (nSPS) is 16.5. The van der Waals surface area contributed by atoms with E-state index in [0.29, 0.717) is 61.1 Å². The van der Waals surface area contributed by atoms with Gasteiger partial charge in [-0.25, -0.2) is 14.8 Å². The number of carbonyl (C=O) groups excluding carboxylic acids is 1. The van der Waals surface area contributed by atoms with Gasteiger partial charge in [0, 0.05) is 44.2 Å². The molecule has 220 valence electrons. The zero-order valence-electron chi connectivity index (χ0n) is 23.9. The SMILES string of the molecule is CC(C)(/C=C(/C#N)C(=O)N1CC(Cn2c(=O)n(-c3ccc(Oc4ccccc4)cc3)c3c(N)ncnc32)C1)N1CC(O)C1. The van der Waals surface area contributed by atoms with Gasteiger partial charge in [0.25, 0.3) is 5.91 Å². The second-order valence-corrected chi connectivity index (χ2v) is 11.5. The second-order valence-electron chi connectivity index (χ2n) is 11.5. The topological polar surface area (TPSA) is 156 Å². The Balaban J connectivity index is 1.20. The second kappa shape index (κ2) is 11.0. The lowest BCUT2D eigenvalue weighted by atomic mass is 9.93. The third-order valence-corrected chi connectivity index (χ3v) is 8.02. The zero-order valence-corrected chi connectivity index (χ0v) is 23.9. The van der Waals surface area contributed by atoms with Gasteiger partial charge in [-0.15, -0.1) is 0 Å². The lowest BCUT2D eigenvalue weighted by Gasteiger charge is -2.46. The molecule has 0 unspecified atom stereocenters. The smallest absolute Gasteiger partial charge is 0.335 e. The number of rotatable bonds is 8. The maximum Gasteiger partial charge on any atom is 0.335 e.